The van der Waals surface area contributed by atoms with Crippen molar-refractivity contribution in [3.05, 3.63) is 65.2 Å². The van der Waals surface area contributed by atoms with Gasteiger partial charge in [-0.25, -0.2) is 13.6 Å². The second-order valence-corrected chi connectivity index (χ2v) is 4.05. The van der Waals surface area contributed by atoms with Crippen molar-refractivity contribution in [3.8, 4) is 5.75 Å². The number of esters is 1. The molecular formula is C15H12F2O3. The number of rotatable bonds is 4. The second kappa shape index (κ2) is 6.14. The van der Waals surface area contributed by atoms with Crippen LogP contribution in [0.15, 0.2) is 42.5 Å². The number of benzene rings is 2. The van der Waals surface area contributed by atoms with Crippen LogP contribution < -0.4 is 4.74 Å². The lowest BCUT2D eigenvalue weighted by Gasteiger charge is -2.07. The predicted molar refractivity (Wildman–Crippen MR) is 68.5 cm³/mol. The Morgan fingerprint density at radius 3 is 2.65 bits per heavy atom. The molecule has 0 fully saturated rings. The molecule has 0 aliphatic heterocycles. The number of methoxy groups -OCH3 is 1. The van der Waals surface area contributed by atoms with E-state index in [1.165, 1.54) is 7.11 Å². The molecule has 0 aliphatic rings. The standard InChI is InChI=1S/C15H12F2O3/c1-19-12-4-2-3-10(7-12)9-20-15(18)13-6-5-11(16)8-14(13)17/h2-8H,9H2,1H3. The van der Waals surface area contributed by atoms with Crippen molar-refractivity contribution in [1.82, 2.24) is 0 Å². The summed E-state index contributed by atoms with van der Waals surface area (Å²) in [6.45, 7) is -0.0210. The molecule has 0 N–H and O–H groups in total. The highest BCUT2D eigenvalue weighted by Gasteiger charge is 2.14. The molecule has 0 bridgehead atoms. The van der Waals surface area contributed by atoms with E-state index in [2.05, 4.69) is 0 Å². The van der Waals surface area contributed by atoms with Crippen LogP contribution in [0.2, 0.25) is 0 Å². The molecule has 0 saturated heterocycles. The molecule has 0 aliphatic carbocycles. The monoisotopic (exact) mass is 278 g/mol. The van der Waals surface area contributed by atoms with Gasteiger partial charge in [0.05, 0.1) is 12.7 Å². The molecule has 0 amide bonds. The van der Waals surface area contributed by atoms with Gasteiger partial charge < -0.3 is 9.47 Å². The highest BCUT2D eigenvalue weighted by molar-refractivity contribution is 5.89. The maximum Gasteiger partial charge on any atom is 0.341 e. The molecule has 3 nitrogen and oxygen atoms in total. The Bertz CT molecular complexity index is 626. The van der Waals surface area contributed by atoms with Crippen LogP contribution >= 0.6 is 0 Å². The maximum absolute atomic E-state index is 13.4. The quantitative estimate of drug-likeness (QED) is 0.805. The summed E-state index contributed by atoms with van der Waals surface area (Å²) in [6.07, 6.45) is 0. The van der Waals surface area contributed by atoms with Crippen molar-refractivity contribution in [2.45, 2.75) is 6.61 Å². The zero-order chi connectivity index (χ0) is 14.5. The van der Waals surface area contributed by atoms with Crippen molar-refractivity contribution in [2.75, 3.05) is 7.11 Å². The van der Waals surface area contributed by atoms with Crippen LogP contribution in [-0.4, -0.2) is 13.1 Å². The molecule has 0 radical (unpaired) electrons. The summed E-state index contributed by atoms with van der Waals surface area (Å²) in [5.41, 5.74) is 0.412. The number of carbonyl (C=O) groups excluding carboxylic acids is 1. The van der Waals surface area contributed by atoms with Gasteiger partial charge in [0.2, 0.25) is 0 Å². The lowest BCUT2D eigenvalue weighted by Crippen LogP contribution is -2.08. The number of ether oxygens (including phenoxy) is 2. The second-order valence-electron chi connectivity index (χ2n) is 4.05. The summed E-state index contributed by atoms with van der Waals surface area (Å²) >= 11 is 0. The first kappa shape index (κ1) is 14.0. The van der Waals surface area contributed by atoms with E-state index in [0.717, 1.165) is 12.1 Å². The first-order valence-electron chi connectivity index (χ1n) is 5.85. The minimum atomic E-state index is -0.944. The van der Waals surface area contributed by atoms with Gasteiger partial charge in [-0.05, 0) is 29.8 Å². The number of hydrogen-bond acceptors (Lipinski definition) is 3. The Kier molecular flexibility index (Phi) is 4.30. The summed E-state index contributed by atoms with van der Waals surface area (Å²) in [4.78, 5) is 11.7. The number of hydrogen-bond donors (Lipinski definition) is 0. The van der Waals surface area contributed by atoms with Gasteiger partial charge in [-0.3, -0.25) is 0 Å². The zero-order valence-electron chi connectivity index (χ0n) is 10.7. The third kappa shape index (κ3) is 3.32. The number of halogens is 2. The molecule has 0 aromatic heterocycles. The largest absolute Gasteiger partial charge is 0.497 e. The maximum atomic E-state index is 13.4. The molecule has 104 valence electrons. The molecule has 0 spiro atoms. The van der Waals surface area contributed by atoms with Gasteiger partial charge >= 0.3 is 5.97 Å². The van der Waals surface area contributed by atoms with E-state index in [4.69, 9.17) is 9.47 Å². The van der Waals surface area contributed by atoms with Crippen LogP contribution in [-0.2, 0) is 11.3 Å². The smallest absolute Gasteiger partial charge is 0.341 e. The molecule has 2 aromatic rings. The van der Waals surface area contributed by atoms with Crippen LogP contribution in [0.1, 0.15) is 15.9 Å². The van der Waals surface area contributed by atoms with Gasteiger partial charge in [0.1, 0.15) is 24.0 Å². The van der Waals surface area contributed by atoms with E-state index in [1.54, 1.807) is 24.3 Å². The van der Waals surface area contributed by atoms with E-state index in [9.17, 15) is 13.6 Å². The van der Waals surface area contributed by atoms with E-state index in [-0.39, 0.29) is 12.2 Å². The summed E-state index contributed by atoms with van der Waals surface area (Å²) in [6, 6.07) is 9.66. The predicted octanol–water partition coefficient (Wildman–Crippen LogP) is 3.33. The first-order valence-corrected chi connectivity index (χ1v) is 5.85. The van der Waals surface area contributed by atoms with Gasteiger partial charge in [0.25, 0.3) is 0 Å². The van der Waals surface area contributed by atoms with Gasteiger partial charge in [-0.2, -0.15) is 0 Å². The minimum Gasteiger partial charge on any atom is -0.497 e. The van der Waals surface area contributed by atoms with Crippen LogP contribution in [0.3, 0.4) is 0 Å². The normalized spacial score (nSPS) is 10.2. The Morgan fingerprint density at radius 1 is 1.15 bits per heavy atom. The topological polar surface area (TPSA) is 35.5 Å². The van der Waals surface area contributed by atoms with Gasteiger partial charge in [0.15, 0.2) is 0 Å². The summed E-state index contributed by atoms with van der Waals surface area (Å²) in [5, 5.41) is 0. The van der Waals surface area contributed by atoms with E-state index in [1.807, 2.05) is 0 Å². The van der Waals surface area contributed by atoms with Gasteiger partial charge in [-0.15, -0.1) is 0 Å². The first-order chi connectivity index (χ1) is 9.60. The average molecular weight is 278 g/mol. The average Bonchev–Trinajstić information content (AvgIpc) is 2.45. The Hall–Kier alpha value is -2.43. The summed E-state index contributed by atoms with van der Waals surface area (Å²) in [5.74, 6) is -1.90. The molecule has 5 heteroatoms. The summed E-state index contributed by atoms with van der Waals surface area (Å²) < 4.78 is 36.1. The van der Waals surface area contributed by atoms with Crippen LogP contribution in [0.4, 0.5) is 8.78 Å². The fourth-order valence-corrected chi connectivity index (χ4v) is 1.64. The van der Waals surface area contributed by atoms with Crippen LogP contribution in [0, 0.1) is 11.6 Å². The molecule has 20 heavy (non-hydrogen) atoms. The Labute approximate surface area is 114 Å². The third-order valence-corrected chi connectivity index (χ3v) is 2.66. The molecule has 0 unspecified atom stereocenters. The van der Waals surface area contributed by atoms with Crippen molar-refractivity contribution >= 4 is 5.97 Å². The summed E-state index contributed by atoms with van der Waals surface area (Å²) in [7, 11) is 1.53. The number of carbonyl (C=O) groups is 1. The van der Waals surface area contributed by atoms with Crippen molar-refractivity contribution in [3.63, 3.8) is 0 Å². The Balaban J connectivity index is 2.04. The highest BCUT2D eigenvalue weighted by atomic mass is 19.1. The van der Waals surface area contributed by atoms with Gasteiger partial charge in [0, 0.05) is 6.07 Å². The lowest BCUT2D eigenvalue weighted by molar-refractivity contribution is 0.0467. The molecular weight excluding hydrogens is 266 g/mol. The van der Waals surface area contributed by atoms with E-state index >= 15 is 0 Å². The van der Waals surface area contributed by atoms with Gasteiger partial charge in [-0.1, -0.05) is 12.1 Å². The lowest BCUT2D eigenvalue weighted by atomic mass is 10.2. The van der Waals surface area contributed by atoms with Crippen LogP contribution in [0.5, 0.6) is 5.75 Å². The fraction of sp³-hybridized carbons (Fsp3) is 0.133. The van der Waals surface area contributed by atoms with Crippen molar-refractivity contribution < 1.29 is 23.0 Å². The zero-order valence-corrected chi connectivity index (χ0v) is 10.7. The van der Waals surface area contributed by atoms with Crippen molar-refractivity contribution in [2.24, 2.45) is 0 Å². The molecule has 2 aromatic carbocycles. The van der Waals surface area contributed by atoms with E-state index in [0.29, 0.717) is 17.4 Å². The molecule has 2 rings (SSSR count). The third-order valence-electron chi connectivity index (χ3n) is 2.66. The SMILES string of the molecule is COc1cccc(COC(=O)c2ccc(F)cc2F)c1. The molecule has 0 heterocycles. The highest BCUT2D eigenvalue weighted by Crippen LogP contribution is 2.15. The Morgan fingerprint density at radius 2 is 1.95 bits per heavy atom. The molecule has 0 atom stereocenters. The molecule has 0 saturated carbocycles. The minimum absolute atomic E-state index is 0.0210. The van der Waals surface area contributed by atoms with Crippen LogP contribution in [0.25, 0.3) is 0 Å². The fourth-order valence-electron chi connectivity index (χ4n) is 1.64. The van der Waals surface area contributed by atoms with Crippen molar-refractivity contribution in [1.29, 1.82) is 0 Å². The van der Waals surface area contributed by atoms with E-state index < -0.39 is 17.6 Å².